The van der Waals surface area contributed by atoms with Gasteiger partial charge < -0.3 is 9.84 Å². The molecule has 0 unspecified atom stereocenters. The van der Waals surface area contributed by atoms with E-state index in [9.17, 15) is 14.3 Å². The van der Waals surface area contributed by atoms with Crippen molar-refractivity contribution in [1.29, 1.82) is 0 Å². The third kappa shape index (κ3) is 4.12. The van der Waals surface area contributed by atoms with Crippen LogP contribution < -0.4 is 0 Å². The fourth-order valence-electron chi connectivity index (χ4n) is 2.57. The molecule has 1 aliphatic rings. The van der Waals surface area contributed by atoms with Crippen molar-refractivity contribution < 1.29 is 19.0 Å². The van der Waals surface area contributed by atoms with Crippen molar-refractivity contribution in [1.82, 2.24) is 4.90 Å². The molecule has 0 saturated carbocycles. The molecule has 2 atom stereocenters. The smallest absolute Gasteiger partial charge is 0.325 e. The molecule has 1 N–H and O–H groups in total. The highest BCUT2D eigenvalue weighted by Crippen LogP contribution is 2.19. The Morgan fingerprint density at radius 1 is 1.48 bits per heavy atom. The van der Waals surface area contributed by atoms with E-state index in [0.717, 1.165) is 18.5 Å². The van der Waals surface area contributed by atoms with E-state index in [4.69, 9.17) is 4.74 Å². The molecule has 1 fully saturated rings. The van der Waals surface area contributed by atoms with Crippen LogP contribution in [0.2, 0.25) is 0 Å². The number of nitrogens with zero attached hydrogens (tertiary/aromatic N) is 1. The number of hydrogen-bond acceptors (Lipinski definition) is 4. The molecule has 0 amide bonds. The van der Waals surface area contributed by atoms with Gasteiger partial charge in [-0.15, -0.1) is 0 Å². The Balaban J connectivity index is 1.99. The van der Waals surface area contributed by atoms with Gasteiger partial charge in [-0.1, -0.05) is 24.3 Å². The molecule has 21 heavy (non-hydrogen) atoms. The van der Waals surface area contributed by atoms with Gasteiger partial charge >= 0.3 is 5.97 Å². The molecular weight excluding hydrogens is 273 g/mol. The Bertz CT molecular complexity index is 501. The number of aliphatic hydroxyl groups excluding tert-OH is 1. The average Bonchev–Trinajstić information content (AvgIpc) is 2.49. The highest BCUT2D eigenvalue weighted by Gasteiger charge is 2.35. The minimum atomic E-state index is -0.689. The molecule has 2 rings (SSSR count). The SMILES string of the molecule is COC(=O)[C@@H]1[C@H](O)CCCN1C/C=C/c1ccc(F)cc1. The number of aliphatic hydroxyl groups is 1. The first-order valence-corrected chi connectivity index (χ1v) is 7.04. The number of carbonyl (C=O) groups is 1. The first-order valence-electron chi connectivity index (χ1n) is 7.04. The second kappa shape index (κ2) is 7.33. The highest BCUT2D eigenvalue weighted by atomic mass is 19.1. The lowest BCUT2D eigenvalue weighted by Crippen LogP contribution is -2.53. The molecule has 1 aromatic rings. The van der Waals surface area contributed by atoms with Crippen LogP contribution in [-0.2, 0) is 9.53 Å². The summed E-state index contributed by atoms with van der Waals surface area (Å²) >= 11 is 0. The standard InChI is InChI=1S/C16H20FNO3/c1-21-16(20)15-14(19)5-3-11-18(15)10-2-4-12-6-8-13(17)9-7-12/h2,4,6-9,14-15,19H,3,5,10-11H2,1H3/b4-2+/t14-,15+/m1/s1. The Kier molecular flexibility index (Phi) is 5.47. The summed E-state index contributed by atoms with van der Waals surface area (Å²) < 4.78 is 17.6. The summed E-state index contributed by atoms with van der Waals surface area (Å²) in [6.07, 6.45) is 4.54. The third-order valence-electron chi connectivity index (χ3n) is 3.67. The Labute approximate surface area is 123 Å². The minimum absolute atomic E-state index is 0.267. The molecular formula is C16H20FNO3. The molecule has 0 aliphatic carbocycles. The van der Waals surface area contributed by atoms with Gasteiger partial charge in [0.15, 0.2) is 0 Å². The van der Waals surface area contributed by atoms with Crippen LogP contribution in [0, 0.1) is 5.82 Å². The zero-order chi connectivity index (χ0) is 15.2. The number of ether oxygens (including phenoxy) is 1. The monoisotopic (exact) mass is 293 g/mol. The number of hydrogen-bond donors (Lipinski definition) is 1. The number of likely N-dealkylation sites (tertiary alicyclic amines) is 1. The van der Waals surface area contributed by atoms with E-state index >= 15 is 0 Å². The van der Waals surface area contributed by atoms with E-state index in [1.165, 1.54) is 19.2 Å². The van der Waals surface area contributed by atoms with E-state index in [1.807, 2.05) is 17.1 Å². The summed E-state index contributed by atoms with van der Waals surface area (Å²) in [6, 6.07) is 5.58. The van der Waals surface area contributed by atoms with E-state index in [1.54, 1.807) is 12.1 Å². The third-order valence-corrected chi connectivity index (χ3v) is 3.67. The number of rotatable bonds is 4. The van der Waals surface area contributed by atoms with Gasteiger partial charge in [-0.05, 0) is 37.1 Å². The quantitative estimate of drug-likeness (QED) is 0.861. The second-order valence-corrected chi connectivity index (χ2v) is 5.13. The van der Waals surface area contributed by atoms with E-state index < -0.39 is 18.1 Å². The highest BCUT2D eigenvalue weighted by molar-refractivity contribution is 5.76. The number of benzene rings is 1. The Hall–Kier alpha value is -1.72. The average molecular weight is 293 g/mol. The molecule has 4 nitrogen and oxygen atoms in total. The zero-order valence-corrected chi connectivity index (χ0v) is 12.0. The van der Waals surface area contributed by atoms with Gasteiger partial charge in [0.25, 0.3) is 0 Å². The first kappa shape index (κ1) is 15.7. The lowest BCUT2D eigenvalue weighted by molar-refractivity contribution is -0.153. The number of halogens is 1. The van der Waals surface area contributed by atoms with Crippen LogP contribution in [0.3, 0.4) is 0 Å². The molecule has 0 radical (unpaired) electrons. The predicted octanol–water partition coefficient (Wildman–Crippen LogP) is 1.84. The maximum Gasteiger partial charge on any atom is 0.325 e. The van der Waals surface area contributed by atoms with Crippen molar-refractivity contribution in [3.8, 4) is 0 Å². The molecule has 1 saturated heterocycles. The fraction of sp³-hybridized carbons (Fsp3) is 0.438. The van der Waals surface area contributed by atoms with Gasteiger partial charge in [-0.3, -0.25) is 9.69 Å². The maximum absolute atomic E-state index is 12.8. The Morgan fingerprint density at radius 2 is 2.19 bits per heavy atom. The van der Waals surface area contributed by atoms with Crippen LogP contribution >= 0.6 is 0 Å². The molecule has 1 heterocycles. The second-order valence-electron chi connectivity index (χ2n) is 5.13. The molecule has 1 aliphatic heterocycles. The van der Waals surface area contributed by atoms with Gasteiger partial charge in [0.05, 0.1) is 13.2 Å². The molecule has 0 spiro atoms. The molecule has 1 aromatic carbocycles. The number of esters is 1. The zero-order valence-electron chi connectivity index (χ0n) is 12.0. The summed E-state index contributed by atoms with van der Waals surface area (Å²) in [4.78, 5) is 13.7. The van der Waals surface area contributed by atoms with Crippen molar-refractivity contribution in [2.75, 3.05) is 20.2 Å². The molecule has 0 aromatic heterocycles. The maximum atomic E-state index is 12.8. The van der Waals surface area contributed by atoms with Gasteiger partial charge in [0.1, 0.15) is 11.9 Å². The largest absolute Gasteiger partial charge is 0.468 e. The van der Waals surface area contributed by atoms with E-state index in [-0.39, 0.29) is 5.82 Å². The number of piperidine rings is 1. The molecule has 5 heteroatoms. The molecule has 114 valence electrons. The normalized spacial score (nSPS) is 23.4. The lowest BCUT2D eigenvalue weighted by atomic mass is 9.99. The number of carbonyl (C=O) groups excluding carboxylic acids is 1. The molecule has 0 bridgehead atoms. The van der Waals surface area contributed by atoms with Gasteiger partial charge in [0.2, 0.25) is 0 Å². The lowest BCUT2D eigenvalue weighted by Gasteiger charge is -2.36. The van der Waals surface area contributed by atoms with Crippen LogP contribution in [0.4, 0.5) is 4.39 Å². The van der Waals surface area contributed by atoms with Crippen molar-refractivity contribution in [3.63, 3.8) is 0 Å². The summed E-state index contributed by atoms with van der Waals surface area (Å²) in [5.74, 6) is -0.672. The summed E-state index contributed by atoms with van der Waals surface area (Å²) in [5, 5.41) is 9.98. The minimum Gasteiger partial charge on any atom is -0.468 e. The van der Waals surface area contributed by atoms with Crippen LogP contribution in [0.1, 0.15) is 18.4 Å². The topological polar surface area (TPSA) is 49.8 Å². The summed E-state index contributed by atoms with van der Waals surface area (Å²) in [5.41, 5.74) is 0.892. The number of methoxy groups -OCH3 is 1. The van der Waals surface area contributed by atoms with Crippen LogP contribution in [0.15, 0.2) is 30.3 Å². The van der Waals surface area contributed by atoms with E-state index in [0.29, 0.717) is 13.0 Å². The fourth-order valence-corrected chi connectivity index (χ4v) is 2.57. The van der Waals surface area contributed by atoms with Crippen LogP contribution in [0.5, 0.6) is 0 Å². The van der Waals surface area contributed by atoms with Gasteiger partial charge in [-0.25, -0.2) is 4.39 Å². The van der Waals surface area contributed by atoms with Crippen LogP contribution in [0.25, 0.3) is 6.08 Å². The van der Waals surface area contributed by atoms with Gasteiger partial charge in [-0.2, -0.15) is 0 Å². The van der Waals surface area contributed by atoms with Crippen molar-refractivity contribution in [2.45, 2.75) is 25.0 Å². The van der Waals surface area contributed by atoms with Crippen molar-refractivity contribution >= 4 is 12.0 Å². The summed E-state index contributed by atoms with van der Waals surface area (Å²) in [7, 11) is 1.33. The van der Waals surface area contributed by atoms with Gasteiger partial charge in [0, 0.05) is 6.54 Å². The van der Waals surface area contributed by atoms with Crippen LogP contribution in [-0.4, -0.2) is 48.3 Å². The van der Waals surface area contributed by atoms with Crippen molar-refractivity contribution in [2.24, 2.45) is 0 Å². The predicted molar refractivity (Wildman–Crippen MR) is 78.1 cm³/mol. The Morgan fingerprint density at radius 3 is 2.86 bits per heavy atom. The van der Waals surface area contributed by atoms with Crippen molar-refractivity contribution in [3.05, 3.63) is 41.7 Å². The first-order chi connectivity index (χ1) is 10.1. The summed E-state index contributed by atoms with van der Waals surface area (Å²) in [6.45, 7) is 1.28. The van der Waals surface area contributed by atoms with E-state index in [2.05, 4.69) is 0 Å².